The lowest BCUT2D eigenvalue weighted by Gasteiger charge is -2.07. The molecule has 0 saturated carbocycles. The molecule has 2 aromatic carbocycles. The highest BCUT2D eigenvalue weighted by molar-refractivity contribution is 6.31. The summed E-state index contributed by atoms with van der Waals surface area (Å²) in [5, 5.41) is 9.01. The highest BCUT2D eigenvalue weighted by Crippen LogP contribution is 2.21. The quantitative estimate of drug-likeness (QED) is 0.849. The summed E-state index contributed by atoms with van der Waals surface area (Å²) in [5.74, 6) is -0.270. The molecular formula is C16H11ClFNO2. The molecule has 0 heterocycles. The van der Waals surface area contributed by atoms with Crippen LogP contribution in [0.1, 0.15) is 11.1 Å². The average Bonchev–Trinajstić information content (AvgIpc) is 2.48. The third-order valence-corrected chi connectivity index (χ3v) is 3.12. The van der Waals surface area contributed by atoms with E-state index in [1.54, 1.807) is 24.3 Å². The number of ketones is 1. The first kappa shape index (κ1) is 15.0. The largest absolute Gasteiger partial charge is 0.486 e. The average molecular weight is 304 g/mol. The molecule has 0 unspecified atom stereocenters. The maximum atomic E-state index is 13.4. The first-order valence-corrected chi connectivity index (χ1v) is 6.55. The summed E-state index contributed by atoms with van der Waals surface area (Å²) < 4.78 is 18.7. The zero-order valence-electron chi connectivity index (χ0n) is 11.0. The molecule has 0 atom stereocenters. The number of nitrogens with zero attached hydrogens (tertiary/aromatic N) is 1. The van der Waals surface area contributed by atoms with Crippen LogP contribution in [0.2, 0.25) is 5.02 Å². The minimum atomic E-state index is -0.410. The molecular weight excluding hydrogens is 293 g/mol. The molecule has 2 aromatic rings. The smallest absolute Gasteiger partial charge is 0.174 e. The Kier molecular flexibility index (Phi) is 4.91. The van der Waals surface area contributed by atoms with Crippen molar-refractivity contribution >= 4 is 17.4 Å². The van der Waals surface area contributed by atoms with Gasteiger partial charge in [-0.25, -0.2) is 4.39 Å². The first-order chi connectivity index (χ1) is 10.1. The summed E-state index contributed by atoms with van der Waals surface area (Å²) in [5.41, 5.74) is 0.672. The molecule has 3 nitrogen and oxygen atoms in total. The van der Waals surface area contributed by atoms with Crippen LogP contribution in [0.4, 0.5) is 4.39 Å². The van der Waals surface area contributed by atoms with Gasteiger partial charge in [0, 0.05) is 12.5 Å². The molecule has 0 radical (unpaired) electrons. The van der Waals surface area contributed by atoms with Gasteiger partial charge in [0.05, 0.1) is 10.6 Å². The number of rotatable bonds is 5. The van der Waals surface area contributed by atoms with Gasteiger partial charge in [-0.2, -0.15) is 5.26 Å². The summed E-state index contributed by atoms with van der Waals surface area (Å²) >= 11 is 5.86. The SMILES string of the molecule is N#Cc1ccc(OCC(=O)Cc2ccccc2F)cc1Cl. The van der Waals surface area contributed by atoms with E-state index in [9.17, 15) is 9.18 Å². The van der Waals surface area contributed by atoms with Crippen LogP contribution in [0.5, 0.6) is 5.75 Å². The molecule has 0 amide bonds. The Labute approximate surface area is 126 Å². The molecule has 0 saturated heterocycles. The third kappa shape index (κ3) is 4.04. The fraction of sp³-hybridized carbons (Fsp3) is 0.125. The van der Waals surface area contributed by atoms with Gasteiger partial charge >= 0.3 is 0 Å². The molecule has 0 aliphatic carbocycles. The van der Waals surface area contributed by atoms with Crippen molar-refractivity contribution in [3.05, 3.63) is 64.4 Å². The lowest BCUT2D eigenvalue weighted by Crippen LogP contribution is -2.14. The van der Waals surface area contributed by atoms with Gasteiger partial charge < -0.3 is 4.74 Å². The highest BCUT2D eigenvalue weighted by Gasteiger charge is 2.09. The van der Waals surface area contributed by atoms with Crippen LogP contribution >= 0.6 is 11.6 Å². The van der Waals surface area contributed by atoms with E-state index in [4.69, 9.17) is 21.6 Å². The number of hydrogen-bond donors (Lipinski definition) is 0. The summed E-state index contributed by atoms with van der Waals surface area (Å²) in [4.78, 5) is 11.8. The molecule has 2 rings (SSSR count). The van der Waals surface area contributed by atoms with E-state index >= 15 is 0 Å². The maximum Gasteiger partial charge on any atom is 0.174 e. The summed E-state index contributed by atoms with van der Waals surface area (Å²) in [7, 11) is 0. The summed E-state index contributed by atoms with van der Waals surface area (Å²) in [6, 6.07) is 12.6. The van der Waals surface area contributed by atoms with Crippen LogP contribution in [0.25, 0.3) is 0 Å². The normalized spacial score (nSPS) is 9.95. The number of hydrogen-bond acceptors (Lipinski definition) is 3. The number of Topliss-reactive ketones (excluding diaryl/α,β-unsaturated/α-hetero) is 1. The Morgan fingerprint density at radius 1 is 1.29 bits per heavy atom. The molecule has 0 aliphatic rings. The van der Waals surface area contributed by atoms with E-state index in [2.05, 4.69) is 0 Å². The van der Waals surface area contributed by atoms with Crippen LogP contribution in [-0.2, 0) is 11.2 Å². The fourth-order valence-corrected chi connectivity index (χ4v) is 1.96. The molecule has 21 heavy (non-hydrogen) atoms. The number of nitriles is 1. The standard InChI is InChI=1S/C16H11ClFNO2/c17-15-8-14(6-5-12(15)9-19)21-10-13(20)7-11-3-1-2-4-16(11)18/h1-6,8H,7,10H2. The Morgan fingerprint density at radius 3 is 2.71 bits per heavy atom. The third-order valence-electron chi connectivity index (χ3n) is 2.81. The van der Waals surface area contributed by atoms with E-state index in [-0.39, 0.29) is 23.8 Å². The van der Waals surface area contributed by atoms with Gasteiger partial charge in [0.25, 0.3) is 0 Å². The van der Waals surface area contributed by atoms with Crippen LogP contribution in [0.3, 0.4) is 0 Å². The van der Waals surface area contributed by atoms with E-state index in [0.29, 0.717) is 16.9 Å². The number of ether oxygens (including phenoxy) is 1. The summed E-state index contributed by atoms with van der Waals surface area (Å²) in [6.45, 7) is -0.184. The second-order valence-electron chi connectivity index (χ2n) is 4.35. The predicted octanol–water partition coefficient (Wildman–Crippen LogP) is 3.54. The van der Waals surface area contributed by atoms with Gasteiger partial charge in [0.2, 0.25) is 0 Å². The van der Waals surface area contributed by atoms with Crippen LogP contribution in [0, 0.1) is 17.1 Å². The van der Waals surface area contributed by atoms with Gasteiger partial charge in [0.15, 0.2) is 5.78 Å². The fourth-order valence-electron chi connectivity index (χ4n) is 1.75. The van der Waals surface area contributed by atoms with Gasteiger partial charge in [-0.3, -0.25) is 4.79 Å². The Hall–Kier alpha value is -2.38. The minimum Gasteiger partial charge on any atom is -0.486 e. The minimum absolute atomic E-state index is 0.0311. The number of carbonyl (C=O) groups is 1. The monoisotopic (exact) mass is 303 g/mol. The van der Waals surface area contributed by atoms with E-state index in [1.807, 2.05) is 6.07 Å². The zero-order chi connectivity index (χ0) is 15.2. The van der Waals surface area contributed by atoms with Crippen molar-refractivity contribution in [1.29, 1.82) is 5.26 Å². The van der Waals surface area contributed by atoms with Crippen molar-refractivity contribution in [3.63, 3.8) is 0 Å². The van der Waals surface area contributed by atoms with E-state index in [1.165, 1.54) is 18.2 Å². The molecule has 0 N–H and O–H groups in total. The van der Waals surface area contributed by atoms with Crippen LogP contribution in [0.15, 0.2) is 42.5 Å². The molecule has 0 aliphatic heterocycles. The summed E-state index contributed by atoms with van der Waals surface area (Å²) in [6.07, 6.45) is -0.0311. The predicted molar refractivity (Wildman–Crippen MR) is 76.8 cm³/mol. The maximum absolute atomic E-state index is 13.4. The molecule has 0 bridgehead atoms. The second-order valence-corrected chi connectivity index (χ2v) is 4.76. The Balaban J connectivity index is 1.94. The van der Waals surface area contributed by atoms with Crippen molar-refractivity contribution in [1.82, 2.24) is 0 Å². The first-order valence-electron chi connectivity index (χ1n) is 6.17. The zero-order valence-corrected chi connectivity index (χ0v) is 11.7. The van der Waals surface area contributed by atoms with Crippen LogP contribution < -0.4 is 4.74 Å². The van der Waals surface area contributed by atoms with Gasteiger partial charge in [0.1, 0.15) is 24.2 Å². The Bertz CT molecular complexity index is 710. The van der Waals surface area contributed by atoms with Crippen molar-refractivity contribution in [2.45, 2.75) is 6.42 Å². The molecule has 5 heteroatoms. The topological polar surface area (TPSA) is 50.1 Å². The molecule has 0 spiro atoms. The lowest BCUT2D eigenvalue weighted by molar-refractivity contribution is -0.120. The van der Waals surface area contributed by atoms with Crippen LogP contribution in [-0.4, -0.2) is 12.4 Å². The van der Waals surface area contributed by atoms with E-state index in [0.717, 1.165) is 0 Å². The van der Waals surface area contributed by atoms with Crippen molar-refractivity contribution in [3.8, 4) is 11.8 Å². The van der Waals surface area contributed by atoms with Crippen molar-refractivity contribution < 1.29 is 13.9 Å². The van der Waals surface area contributed by atoms with Gasteiger partial charge in [-0.15, -0.1) is 0 Å². The van der Waals surface area contributed by atoms with Crippen molar-refractivity contribution in [2.24, 2.45) is 0 Å². The number of carbonyl (C=O) groups excluding carboxylic acids is 1. The molecule has 0 aromatic heterocycles. The molecule has 0 fully saturated rings. The lowest BCUT2D eigenvalue weighted by atomic mass is 10.1. The van der Waals surface area contributed by atoms with Gasteiger partial charge in [-0.05, 0) is 23.8 Å². The number of benzene rings is 2. The van der Waals surface area contributed by atoms with Gasteiger partial charge in [-0.1, -0.05) is 29.8 Å². The van der Waals surface area contributed by atoms with E-state index < -0.39 is 5.82 Å². The second kappa shape index (κ2) is 6.87. The Morgan fingerprint density at radius 2 is 2.05 bits per heavy atom. The molecule has 106 valence electrons. The van der Waals surface area contributed by atoms with Crippen molar-refractivity contribution in [2.75, 3.05) is 6.61 Å². The number of halogens is 2. The highest BCUT2D eigenvalue weighted by atomic mass is 35.5.